The molecule has 25 heavy (non-hydrogen) atoms. The number of rotatable bonds is 6. The number of nitrogens with two attached hydrogens (primary N) is 1. The maximum absolute atomic E-state index is 11.1. The van der Waals surface area contributed by atoms with E-state index in [-0.39, 0.29) is 29.9 Å². The summed E-state index contributed by atoms with van der Waals surface area (Å²) in [5, 5.41) is 7.41. The number of aliphatic imine (C=N–C) groups is 1. The van der Waals surface area contributed by atoms with Crippen LogP contribution in [0.2, 0.25) is 0 Å². The third kappa shape index (κ3) is 6.48. The van der Waals surface area contributed by atoms with Crippen LogP contribution in [0.25, 0.3) is 0 Å². The quantitative estimate of drug-likeness (QED) is 0.291. The van der Waals surface area contributed by atoms with Gasteiger partial charge in [0, 0.05) is 38.7 Å². The molecule has 2 rings (SSSR count). The number of nitrogens with zero attached hydrogens (tertiary/aromatic N) is 3. The van der Waals surface area contributed by atoms with Crippen LogP contribution in [0.3, 0.4) is 0 Å². The van der Waals surface area contributed by atoms with Crippen molar-refractivity contribution in [1.29, 1.82) is 0 Å². The van der Waals surface area contributed by atoms with E-state index in [1.807, 2.05) is 13.8 Å². The number of halogens is 1. The number of guanidine groups is 1. The van der Waals surface area contributed by atoms with Gasteiger partial charge in [0.15, 0.2) is 5.96 Å². The van der Waals surface area contributed by atoms with Crippen molar-refractivity contribution in [2.45, 2.75) is 46.0 Å². The Kier molecular flexibility index (Phi) is 9.23. The molecule has 7 nitrogen and oxygen atoms in total. The fraction of sp³-hybridized carbons (Fsp3) is 0.706. The Balaban J connectivity index is 0.00000312. The van der Waals surface area contributed by atoms with Crippen LogP contribution in [0.4, 0.5) is 0 Å². The summed E-state index contributed by atoms with van der Waals surface area (Å²) >= 11 is 0. The highest BCUT2D eigenvalue weighted by molar-refractivity contribution is 14.0. The number of piperidine rings is 1. The van der Waals surface area contributed by atoms with Gasteiger partial charge in [0.1, 0.15) is 5.76 Å². The van der Waals surface area contributed by atoms with Crippen molar-refractivity contribution in [3.8, 4) is 0 Å². The zero-order valence-electron chi connectivity index (χ0n) is 15.4. The van der Waals surface area contributed by atoms with Crippen molar-refractivity contribution in [3.05, 3.63) is 17.0 Å². The van der Waals surface area contributed by atoms with Crippen LogP contribution >= 0.6 is 24.0 Å². The summed E-state index contributed by atoms with van der Waals surface area (Å²) in [7, 11) is 1.80. The average molecular weight is 463 g/mol. The third-order valence-electron chi connectivity index (χ3n) is 4.59. The highest BCUT2D eigenvalue weighted by Gasteiger charge is 2.23. The molecule has 1 aromatic rings. The van der Waals surface area contributed by atoms with E-state index in [0.29, 0.717) is 12.3 Å². The maximum Gasteiger partial charge on any atom is 0.217 e. The van der Waals surface area contributed by atoms with Crippen LogP contribution < -0.4 is 11.1 Å². The number of carbonyl (C=O) groups excluding carboxylic acids is 1. The number of carbonyl (C=O) groups is 1. The summed E-state index contributed by atoms with van der Waals surface area (Å²) in [4.78, 5) is 17.7. The fourth-order valence-corrected chi connectivity index (χ4v) is 3.37. The first-order valence-electron chi connectivity index (χ1n) is 8.67. The van der Waals surface area contributed by atoms with Gasteiger partial charge in [0.25, 0.3) is 0 Å². The SMILES string of the molecule is CN=C(NCCCc1c(C)noc1C)N1CCCC(CC(N)=O)C1.I. The van der Waals surface area contributed by atoms with Crippen LogP contribution in [0, 0.1) is 19.8 Å². The molecule has 8 heteroatoms. The van der Waals surface area contributed by atoms with E-state index in [4.69, 9.17) is 10.3 Å². The van der Waals surface area contributed by atoms with Crippen molar-refractivity contribution < 1.29 is 9.32 Å². The van der Waals surface area contributed by atoms with Crippen LogP contribution in [0.5, 0.6) is 0 Å². The molecule has 0 aromatic carbocycles. The number of hydrogen-bond donors (Lipinski definition) is 2. The maximum atomic E-state index is 11.1. The molecule has 142 valence electrons. The van der Waals surface area contributed by atoms with E-state index >= 15 is 0 Å². The van der Waals surface area contributed by atoms with E-state index in [2.05, 4.69) is 20.4 Å². The lowest BCUT2D eigenvalue weighted by Gasteiger charge is -2.34. The van der Waals surface area contributed by atoms with Crippen LogP contribution in [-0.2, 0) is 11.2 Å². The lowest BCUT2D eigenvalue weighted by Crippen LogP contribution is -2.47. The zero-order chi connectivity index (χ0) is 17.5. The van der Waals surface area contributed by atoms with E-state index in [1.165, 1.54) is 5.56 Å². The van der Waals surface area contributed by atoms with Crippen molar-refractivity contribution >= 4 is 35.8 Å². The molecule has 1 amide bonds. The van der Waals surface area contributed by atoms with E-state index in [9.17, 15) is 4.79 Å². The van der Waals surface area contributed by atoms with Crippen molar-refractivity contribution in [2.75, 3.05) is 26.7 Å². The highest BCUT2D eigenvalue weighted by Crippen LogP contribution is 2.19. The lowest BCUT2D eigenvalue weighted by molar-refractivity contribution is -0.119. The molecule has 0 saturated carbocycles. The molecule has 1 aliphatic heterocycles. The number of nitrogens with one attached hydrogen (secondary N) is 1. The zero-order valence-corrected chi connectivity index (χ0v) is 17.7. The van der Waals surface area contributed by atoms with Gasteiger partial charge in [-0.25, -0.2) is 0 Å². The van der Waals surface area contributed by atoms with Gasteiger partial charge >= 0.3 is 0 Å². The predicted molar refractivity (Wildman–Crippen MR) is 109 cm³/mol. The molecule has 0 radical (unpaired) electrons. The molecule has 1 unspecified atom stereocenters. The van der Waals surface area contributed by atoms with Gasteiger partial charge in [-0.05, 0) is 45.4 Å². The normalized spacial score (nSPS) is 18.0. The molecule has 1 atom stereocenters. The van der Waals surface area contributed by atoms with Crippen LogP contribution in [0.15, 0.2) is 9.52 Å². The molecular formula is C17H30IN5O2. The second-order valence-corrected chi connectivity index (χ2v) is 6.50. The Morgan fingerprint density at radius 2 is 2.24 bits per heavy atom. The van der Waals surface area contributed by atoms with Crippen LogP contribution in [-0.4, -0.2) is 48.6 Å². The van der Waals surface area contributed by atoms with Gasteiger partial charge < -0.3 is 20.5 Å². The molecule has 0 spiro atoms. The minimum Gasteiger partial charge on any atom is -0.370 e. The summed E-state index contributed by atoms with van der Waals surface area (Å²) in [5.41, 5.74) is 7.50. The summed E-state index contributed by atoms with van der Waals surface area (Å²) in [5.74, 6) is 1.92. The summed E-state index contributed by atoms with van der Waals surface area (Å²) < 4.78 is 5.19. The minimum atomic E-state index is -0.218. The molecular weight excluding hydrogens is 433 g/mol. The van der Waals surface area contributed by atoms with E-state index in [0.717, 1.165) is 62.7 Å². The Labute approximate surface area is 166 Å². The first kappa shape index (κ1) is 21.7. The number of amides is 1. The number of hydrogen-bond acceptors (Lipinski definition) is 4. The van der Waals surface area contributed by atoms with Gasteiger partial charge in [0.2, 0.25) is 5.91 Å². The largest absolute Gasteiger partial charge is 0.370 e. The standard InChI is InChI=1S/C17H29N5O2.HI/c1-12-15(13(2)24-21-12)7-4-8-20-17(19-3)22-9-5-6-14(11-22)10-16(18)23;/h14H,4-11H2,1-3H3,(H2,18,23)(H,19,20);1H. The summed E-state index contributed by atoms with van der Waals surface area (Å²) in [6, 6.07) is 0. The Morgan fingerprint density at radius 3 is 2.84 bits per heavy atom. The monoisotopic (exact) mass is 463 g/mol. The van der Waals surface area contributed by atoms with Crippen molar-refractivity contribution in [1.82, 2.24) is 15.4 Å². The molecule has 3 N–H and O–H groups in total. The smallest absolute Gasteiger partial charge is 0.217 e. The number of aromatic nitrogens is 1. The lowest BCUT2D eigenvalue weighted by atomic mass is 9.95. The van der Waals surface area contributed by atoms with Gasteiger partial charge in [-0.15, -0.1) is 24.0 Å². The second-order valence-electron chi connectivity index (χ2n) is 6.50. The van der Waals surface area contributed by atoms with Gasteiger partial charge in [-0.1, -0.05) is 5.16 Å². The molecule has 1 aliphatic rings. The van der Waals surface area contributed by atoms with Crippen molar-refractivity contribution in [2.24, 2.45) is 16.6 Å². The Morgan fingerprint density at radius 1 is 1.48 bits per heavy atom. The first-order chi connectivity index (χ1) is 11.5. The third-order valence-corrected chi connectivity index (χ3v) is 4.59. The summed E-state index contributed by atoms with van der Waals surface area (Å²) in [6.07, 6.45) is 4.51. The molecule has 2 heterocycles. The Bertz CT molecular complexity index is 568. The predicted octanol–water partition coefficient (Wildman–Crippen LogP) is 2.00. The van der Waals surface area contributed by atoms with E-state index in [1.54, 1.807) is 7.05 Å². The van der Waals surface area contributed by atoms with Crippen LogP contribution in [0.1, 0.15) is 42.7 Å². The van der Waals surface area contributed by atoms with Crippen molar-refractivity contribution in [3.63, 3.8) is 0 Å². The second kappa shape index (κ2) is 10.6. The first-order valence-corrected chi connectivity index (χ1v) is 8.67. The molecule has 1 saturated heterocycles. The van der Waals surface area contributed by atoms with Gasteiger partial charge in [0.05, 0.1) is 5.69 Å². The molecule has 0 aliphatic carbocycles. The van der Waals surface area contributed by atoms with Gasteiger partial charge in [-0.2, -0.15) is 0 Å². The molecule has 1 fully saturated rings. The fourth-order valence-electron chi connectivity index (χ4n) is 3.37. The number of primary amides is 1. The molecule has 0 bridgehead atoms. The van der Waals surface area contributed by atoms with E-state index < -0.39 is 0 Å². The number of likely N-dealkylation sites (tertiary alicyclic amines) is 1. The average Bonchev–Trinajstić information content (AvgIpc) is 2.86. The highest BCUT2D eigenvalue weighted by atomic mass is 127. The number of aryl methyl sites for hydroxylation is 2. The minimum absolute atomic E-state index is 0. The summed E-state index contributed by atoms with van der Waals surface area (Å²) in [6.45, 7) is 6.58. The molecule has 1 aromatic heterocycles. The van der Waals surface area contributed by atoms with Gasteiger partial charge in [-0.3, -0.25) is 9.79 Å². The topological polar surface area (TPSA) is 96.8 Å². The Hall–Kier alpha value is -1.32.